The molecule has 6 nitrogen and oxygen atoms in total. The lowest BCUT2D eigenvalue weighted by Gasteiger charge is -2.48. The Bertz CT molecular complexity index is 872. The van der Waals surface area contributed by atoms with E-state index in [-0.39, 0.29) is 23.9 Å². The van der Waals surface area contributed by atoms with Crippen LogP contribution in [0.4, 0.5) is 0 Å². The van der Waals surface area contributed by atoms with Crippen LogP contribution in [0.2, 0.25) is 0 Å². The van der Waals surface area contributed by atoms with Crippen LogP contribution >= 0.6 is 0 Å². The molecule has 1 aliphatic heterocycles. The van der Waals surface area contributed by atoms with Crippen molar-refractivity contribution >= 4 is 11.8 Å². The fourth-order valence-electron chi connectivity index (χ4n) is 4.28. The molecule has 34 heavy (non-hydrogen) atoms. The molecule has 1 unspecified atom stereocenters. The van der Waals surface area contributed by atoms with Crippen molar-refractivity contribution in [3.8, 4) is 0 Å². The number of benzene rings is 1. The lowest BCUT2D eigenvalue weighted by Crippen LogP contribution is -2.59. The van der Waals surface area contributed by atoms with Crippen LogP contribution in [0.25, 0.3) is 0 Å². The maximum Gasteiger partial charge on any atom is 0.330 e. The highest BCUT2D eigenvalue weighted by atomic mass is 16.7. The molecule has 2 rings (SSSR count). The molecule has 0 N–H and O–H groups in total. The lowest BCUT2D eigenvalue weighted by atomic mass is 9.74. The summed E-state index contributed by atoms with van der Waals surface area (Å²) in [4.78, 5) is 25.6. The van der Waals surface area contributed by atoms with Gasteiger partial charge in [0.15, 0.2) is 0 Å². The summed E-state index contributed by atoms with van der Waals surface area (Å²) in [7, 11) is 2.78. The number of carbonyl (C=O) groups excluding carboxylic acids is 2. The molecule has 4 atom stereocenters. The predicted octanol–water partition coefficient (Wildman–Crippen LogP) is 5.41. The first-order valence-corrected chi connectivity index (χ1v) is 12.0. The van der Waals surface area contributed by atoms with Crippen molar-refractivity contribution in [2.75, 3.05) is 14.2 Å². The standard InChI is InChI=1S/C28H40O6/c1-8-9-15-27(4,5)28(32-7)26(30)23(18-25(29)31-6)17-24(34-28)16-20(2)21(3)33-19-22-13-11-10-12-14-22/h9-15,18,20-21,24H,8,16-17,19H2,1-7H3/b15-9+,23-18+/t20-,21-,24?,28-/m1/s1. The Morgan fingerprint density at radius 3 is 2.50 bits per heavy atom. The second-order valence-corrected chi connectivity index (χ2v) is 9.53. The van der Waals surface area contributed by atoms with Gasteiger partial charge in [0.25, 0.3) is 0 Å². The number of rotatable bonds is 11. The molecule has 1 fully saturated rings. The second kappa shape index (κ2) is 12.4. The van der Waals surface area contributed by atoms with Crippen molar-refractivity contribution in [2.45, 2.75) is 78.5 Å². The number of allylic oxidation sites excluding steroid dienone is 1. The van der Waals surface area contributed by atoms with E-state index in [9.17, 15) is 9.59 Å². The molecule has 0 aromatic heterocycles. The van der Waals surface area contributed by atoms with E-state index in [4.69, 9.17) is 18.9 Å². The van der Waals surface area contributed by atoms with Gasteiger partial charge in [-0.05, 0) is 31.2 Å². The first-order valence-electron chi connectivity index (χ1n) is 12.0. The molecule has 0 amide bonds. The summed E-state index contributed by atoms with van der Waals surface area (Å²) in [5.74, 6) is -2.31. The molecule has 1 aliphatic rings. The molecule has 0 saturated carbocycles. The van der Waals surface area contributed by atoms with E-state index in [0.717, 1.165) is 12.0 Å². The third kappa shape index (κ3) is 6.65. The zero-order valence-corrected chi connectivity index (χ0v) is 21.6. The Morgan fingerprint density at radius 1 is 1.24 bits per heavy atom. The Balaban J connectivity index is 2.26. The minimum absolute atomic E-state index is 0.0283. The van der Waals surface area contributed by atoms with E-state index in [2.05, 4.69) is 6.92 Å². The number of hydrogen-bond acceptors (Lipinski definition) is 6. The van der Waals surface area contributed by atoms with Crippen LogP contribution in [0, 0.1) is 11.3 Å². The summed E-state index contributed by atoms with van der Waals surface area (Å²) >= 11 is 0. The van der Waals surface area contributed by atoms with E-state index in [1.54, 1.807) is 0 Å². The third-order valence-electron chi connectivity index (χ3n) is 6.56. The number of hydrogen-bond donors (Lipinski definition) is 0. The number of carbonyl (C=O) groups is 2. The molecule has 1 aromatic rings. The number of ether oxygens (including phenoxy) is 4. The van der Waals surface area contributed by atoms with Crippen LogP contribution < -0.4 is 0 Å². The molecule has 1 aromatic carbocycles. The Morgan fingerprint density at radius 2 is 1.91 bits per heavy atom. The van der Waals surface area contributed by atoms with E-state index in [1.807, 2.05) is 70.2 Å². The molecule has 0 radical (unpaired) electrons. The Labute approximate surface area is 204 Å². The summed E-state index contributed by atoms with van der Waals surface area (Å²) < 4.78 is 23.2. The van der Waals surface area contributed by atoms with E-state index < -0.39 is 17.2 Å². The third-order valence-corrected chi connectivity index (χ3v) is 6.56. The van der Waals surface area contributed by atoms with Crippen LogP contribution in [-0.2, 0) is 35.1 Å². The van der Waals surface area contributed by atoms with Gasteiger partial charge in [0, 0.05) is 30.6 Å². The van der Waals surface area contributed by atoms with Crippen LogP contribution in [0.1, 0.15) is 59.4 Å². The highest BCUT2D eigenvalue weighted by molar-refractivity contribution is 6.06. The van der Waals surface area contributed by atoms with Crippen molar-refractivity contribution in [2.24, 2.45) is 11.3 Å². The topological polar surface area (TPSA) is 71.1 Å². The van der Waals surface area contributed by atoms with Gasteiger partial charge >= 0.3 is 5.97 Å². The normalized spacial score (nSPS) is 24.4. The molecule has 6 heteroatoms. The Kier molecular flexibility index (Phi) is 10.2. The first kappa shape index (κ1) is 28.0. The van der Waals surface area contributed by atoms with Gasteiger partial charge < -0.3 is 18.9 Å². The van der Waals surface area contributed by atoms with Crippen molar-refractivity contribution in [3.05, 3.63) is 59.7 Å². The smallest absolute Gasteiger partial charge is 0.330 e. The molecule has 188 valence electrons. The van der Waals surface area contributed by atoms with Gasteiger partial charge in [-0.3, -0.25) is 4.79 Å². The van der Waals surface area contributed by atoms with Gasteiger partial charge in [-0.25, -0.2) is 4.79 Å². The maximum atomic E-state index is 13.6. The zero-order valence-electron chi connectivity index (χ0n) is 21.6. The molecular weight excluding hydrogens is 432 g/mol. The summed E-state index contributed by atoms with van der Waals surface area (Å²) in [5, 5.41) is 0. The quantitative estimate of drug-likeness (QED) is 0.244. The Hall–Kier alpha value is -2.28. The molecule has 0 bridgehead atoms. The number of ketones is 1. The van der Waals surface area contributed by atoms with Gasteiger partial charge in [0.1, 0.15) is 0 Å². The summed E-state index contributed by atoms with van der Waals surface area (Å²) in [6.45, 7) is 10.5. The summed E-state index contributed by atoms with van der Waals surface area (Å²) in [6.07, 6.45) is 6.61. The van der Waals surface area contributed by atoms with Crippen molar-refractivity contribution in [1.82, 2.24) is 0 Å². The van der Waals surface area contributed by atoms with Gasteiger partial charge in [0.2, 0.25) is 11.6 Å². The lowest BCUT2D eigenvalue weighted by molar-refractivity contribution is -0.278. The molecular formula is C28H40O6. The van der Waals surface area contributed by atoms with Crippen LogP contribution in [0.5, 0.6) is 0 Å². The predicted molar refractivity (Wildman–Crippen MR) is 132 cm³/mol. The minimum atomic E-state index is -1.55. The molecule has 0 spiro atoms. The van der Waals surface area contributed by atoms with Gasteiger partial charge in [-0.15, -0.1) is 0 Å². The largest absolute Gasteiger partial charge is 0.466 e. The van der Waals surface area contributed by atoms with E-state index in [0.29, 0.717) is 25.0 Å². The highest BCUT2D eigenvalue weighted by Crippen LogP contribution is 2.45. The zero-order chi connectivity index (χ0) is 25.4. The first-order chi connectivity index (χ1) is 16.1. The van der Waals surface area contributed by atoms with Crippen LogP contribution in [0.15, 0.2) is 54.1 Å². The van der Waals surface area contributed by atoms with Crippen molar-refractivity contribution in [1.29, 1.82) is 0 Å². The second-order valence-electron chi connectivity index (χ2n) is 9.53. The molecule has 1 heterocycles. The highest BCUT2D eigenvalue weighted by Gasteiger charge is 2.56. The average Bonchev–Trinajstić information content (AvgIpc) is 2.83. The number of esters is 1. The molecule has 0 aliphatic carbocycles. The van der Waals surface area contributed by atoms with Crippen molar-refractivity contribution in [3.63, 3.8) is 0 Å². The van der Waals surface area contributed by atoms with Gasteiger partial charge in [-0.2, -0.15) is 0 Å². The van der Waals surface area contributed by atoms with E-state index >= 15 is 0 Å². The van der Waals surface area contributed by atoms with Crippen LogP contribution in [0.3, 0.4) is 0 Å². The monoisotopic (exact) mass is 472 g/mol. The molecule has 1 saturated heterocycles. The summed E-state index contributed by atoms with van der Waals surface area (Å²) in [6, 6.07) is 10.0. The van der Waals surface area contributed by atoms with Crippen molar-refractivity contribution < 1.29 is 28.5 Å². The number of Topliss-reactive ketones (excluding diaryl/α,β-unsaturated/α-hetero) is 1. The van der Waals surface area contributed by atoms with E-state index in [1.165, 1.54) is 20.3 Å². The van der Waals surface area contributed by atoms with Gasteiger partial charge in [0.05, 0.1) is 25.9 Å². The van der Waals surface area contributed by atoms with Gasteiger partial charge in [-0.1, -0.05) is 70.2 Å². The average molecular weight is 473 g/mol. The summed E-state index contributed by atoms with van der Waals surface area (Å²) in [5.41, 5.74) is 0.710. The fourth-order valence-corrected chi connectivity index (χ4v) is 4.28. The fraction of sp³-hybridized carbons (Fsp3) is 0.571. The SMILES string of the molecule is CC/C=C/C(C)(C)[C@]1(OC)OC(C[C@@H](C)[C@@H](C)OCc2ccccc2)C/C(=C\C(=O)OC)C1=O. The number of methoxy groups -OCH3 is 2. The van der Waals surface area contributed by atoms with Crippen LogP contribution in [-0.4, -0.2) is 44.0 Å². The maximum absolute atomic E-state index is 13.6. The minimum Gasteiger partial charge on any atom is -0.466 e.